The maximum absolute atomic E-state index is 12.2. The SMILES string of the molecule is CO[Si](OC)(OC)C(=O)C(=O)C(=O)CCCCCCCCCCCCCCCCCCC=O. The Morgan fingerprint density at radius 1 is 0.576 bits per heavy atom. The van der Waals surface area contributed by atoms with Gasteiger partial charge < -0.3 is 18.1 Å². The van der Waals surface area contributed by atoms with Crippen molar-refractivity contribution in [1.29, 1.82) is 0 Å². The molecule has 0 aromatic heterocycles. The first-order valence-electron chi connectivity index (χ1n) is 12.7. The lowest BCUT2D eigenvalue weighted by molar-refractivity contribution is -0.143. The Hall–Kier alpha value is -1.22. The van der Waals surface area contributed by atoms with E-state index in [1.54, 1.807) is 0 Å². The number of rotatable bonds is 25. The van der Waals surface area contributed by atoms with E-state index in [2.05, 4.69) is 0 Å². The number of Topliss-reactive ketones (excluding diaryl/α,β-unsaturated/α-hetero) is 2. The Morgan fingerprint density at radius 2 is 0.909 bits per heavy atom. The number of unbranched alkanes of at least 4 members (excludes halogenated alkanes) is 16. The monoisotopic (exact) mass is 486 g/mol. The smallest absolute Gasteiger partial charge is 0.371 e. The molecule has 0 spiro atoms. The van der Waals surface area contributed by atoms with Gasteiger partial charge in [-0.25, -0.2) is 0 Å². The minimum Gasteiger partial charge on any atom is -0.371 e. The van der Waals surface area contributed by atoms with Crippen molar-refractivity contribution in [3.63, 3.8) is 0 Å². The summed E-state index contributed by atoms with van der Waals surface area (Å²) in [6, 6.07) is 0. The van der Waals surface area contributed by atoms with Crippen molar-refractivity contribution in [2.75, 3.05) is 21.3 Å². The second kappa shape index (κ2) is 21.3. The lowest BCUT2D eigenvalue weighted by atomic mass is 10.0. The van der Waals surface area contributed by atoms with Crippen LogP contribution >= 0.6 is 0 Å². The minimum absolute atomic E-state index is 0.0743. The molecular weight excluding hydrogens is 440 g/mol. The molecule has 0 radical (unpaired) electrons. The van der Waals surface area contributed by atoms with Gasteiger partial charge in [0.15, 0.2) is 0 Å². The van der Waals surface area contributed by atoms with Gasteiger partial charge in [0.05, 0.1) is 0 Å². The molecule has 33 heavy (non-hydrogen) atoms. The zero-order valence-corrected chi connectivity index (χ0v) is 22.2. The third kappa shape index (κ3) is 14.6. The fraction of sp³-hybridized carbons (Fsp3) is 0.840. The fourth-order valence-electron chi connectivity index (χ4n) is 3.90. The van der Waals surface area contributed by atoms with Crippen LogP contribution in [0.3, 0.4) is 0 Å². The van der Waals surface area contributed by atoms with Crippen LogP contribution in [0.1, 0.15) is 116 Å². The molecule has 0 bridgehead atoms. The summed E-state index contributed by atoms with van der Waals surface area (Å²) in [5, 5.41) is -0.994. The maximum Gasteiger partial charge on any atom is 0.582 e. The van der Waals surface area contributed by atoms with Crippen molar-refractivity contribution in [2.45, 2.75) is 116 Å². The molecular formula is C25H46O7Si. The van der Waals surface area contributed by atoms with Crippen LogP contribution in [0.4, 0.5) is 0 Å². The molecule has 0 aliphatic carbocycles. The molecule has 0 aliphatic heterocycles. The van der Waals surface area contributed by atoms with Crippen LogP contribution in [-0.2, 0) is 32.5 Å². The van der Waals surface area contributed by atoms with Gasteiger partial charge in [-0.1, -0.05) is 89.9 Å². The first kappa shape index (κ1) is 31.8. The molecule has 0 aromatic rings. The summed E-state index contributed by atoms with van der Waals surface area (Å²) in [4.78, 5) is 46.5. The molecule has 7 nitrogen and oxygen atoms in total. The van der Waals surface area contributed by atoms with Crippen LogP contribution in [0.5, 0.6) is 0 Å². The third-order valence-electron chi connectivity index (χ3n) is 6.02. The van der Waals surface area contributed by atoms with E-state index in [1.807, 2.05) is 0 Å². The van der Waals surface area contributed by atoms with Gasteiger partial charge in [0.2, 0.25) is 5.78 Å². The number of ketones is 2. The van der Waals surface area contributed by atoms with Crippen LogP contribution in [0.2, 0.25) is 0 Å². The average Bonchev–Trinajstić information content (AvgIpc) is 2.84. The van der Waals surface area contributed by atoms with Crippen molar-refractivity contribution in [3.05, 3.63) is 0 Å². The van der Waals surface area contributed by atoms with Gasteiger partial charge in [0.1, 0.15) is 6.29 Å². The first-order chi connectivity index (χ1) is 16.0. The molecule has 0 amide bonds. The molecule has 0 atom stereocenters. The predicted molar refractivity (Wildman–Crippen MR) is 131 cm³/mol. The fourth-order valence-corrected chi connectivity index (χ4v) is 5.37. The topological polar surface area (TPSA) is 96.0 Å². The molecule has 0 heterocycles. The lowest BCUT2D eigenvalue weighted by Crippen LogP contribution is -2.56. The van der Waals surface area contributed by atoms with Crippen LogP contribution in [0.15, 0.2) is 0 Å². The van der Waals surface area contributed by atoms with Crippen molar-refractivity contribution < 1.29 is 32.5 Å². The van der Waals surface area contributed by atoms with Crippen molar-refractivity contribution >= 4 is 32.1 Å². The maximum atomic E-state index is 12.2. The number of hydrogen-bond acceptors (Lipinski definition) is 7. The summed E-state index contributed by atoms with van der Waals surface area (Å²) < 4.78 is 14.9. The third-order valence-corrected chi connectivity index (χ3v) is 8.42. The van der Waals surface area contributed by atoms with E-state index in [0.29, 0.717) is 12.8 Å². The van der Waals surface area contributed by atoms with Gasteiger partial charge in [0.25, 0.3) is 11.2 Å². The molecule has 192 valence electrons. The predicted octanol–water partition coefficient (Wildman–Crippen LogP) is 5.33. The summed E-state index contributed by atoms with van der Waals surface area (Å²) in [5.74, 6) is -1.78. The van der Waals surface area contributed by atoms with Gasteiger partial charge in [-0.3, -0.25) is 14.4 Å². The largest absolute Gasteiger partial charge is 0.582 e. The number of hydrogen-bond donors (Lipinski definition) is 0. The zero-order valence-electron chi connectivity index (χ0n) is 21.2. The zero-order chi connectivity index (χ0) is 24.8. The van der Waals surface area contributed by atoms with E-state index in [4.69, 9.17) is 13.3 Å². The van der Waals surface area contributed by atoms with E-state index in [9.17, 15) is 19.2 Å². The van der Waals surface area contributed by atoms with E-state index >= 15 is 0 Å². The highest BCUT2D eigenvalue weighted by Gasteiger charge is 2.52. The second-order valence-electron chi connectivity index (χ2n) is 8.61. The Kier molecular flexibility index (Phi) is 20.5. The summed E-state index contributed by atoms with van der Waals surface area (Å²) in [6.07, 6.45) is 20.6. The Labute approximate surface area is 201 Å². The van der Waals surface area contributed by atoms with E-state index in [-0.39, 0.29) is 6.42 Å². The van der Waals surface area contributed by atoms with E-state index in [0.717, 1.165) is 32.0 Å². The summed E-state index contributed by atoms with van der Waals surface area (Å²) in [7, 11) is -0.0575. The van der Waals surface area contributed by atoms with Crippen LogP contribution in [-0.4, -0.2) is 53.4 Å². The highest BCUT2D eigenvalue weighted by Crippen LogP contribution is 2.15. The Balaban J connectivity index is 3.57. The van der Waals surface area contributed by atoms with E-state index in [1.165, 1.54) is 92.0 Å². The van der Waals surface area contributed by atoms with Crippen molar-refractivity contribution in [2.24, 2.45) is 0 Å². The molecule has 0 aromatic carbocycles. The van der Waals surface area contributed by atoms with Crippen LogP contribution in [0, 0.1) is 0 Å². The molecule has 0 rings (SSSR count). The van der Waals surface area contributed by atoms with Crippen molar-refractivity contribution in [3.8, 4) is 0 Å². The summed E-state index contributed by atoms with van der Waals surface area (Å²) in [6.45, 7) is 0. The molecule has 0 unspecified atom stereocenters. The lowest BCUT2D eigenvalue weighted by Gasteiger charge is -2.21. The normalized spacial score (nSPS) is 11.5. The standard InChI is InChI=1S/C25H46O7Si/c1-30-33(31-2,32-3)25(29)24(28)23(27)21-19-17-15-13-11-9-7-5-4-6-8-10-12-14-16-18-20-22-26/h22H,4-21H2,1-3H3. The minimum atomic E-state index is -3.76. The number of aldehydes is 1. The molecule has 0 fully saturated rings. The second-order valence-corrected chi connectivity index (χ2v) is 11.4. The van der Waals surface area contributed by atoms with Gasteiger partial charge in [-0.15, -0.1) is 0 Å². The number of carbonyl (C=O) groups excluding carboxylic acids is 4. The Bertz CT molecular complexity index is 539. The first-order valence-corrected chi connectivity index (χ1v) is 14.4. The highest BCUT2D eigenvalue weighted by molar-refractivity contribution is 7.06. The summed E-state index contributed by atoms with van der Waals surface area (Å²) in [5.41, 5.74) is 0. The van der Waals surface area contributed by atoms with E-state index < -0.39 is 25.8 Å². The average molecular weight is 487 g/mol. The molecule has 0 saturated carbocycles. The van der Waals surface area contributed by atoms with Crippen LogP contribution < -0.4 is 0 Å². The number of carbonyl (C=O) groups is 4. The van der Waals surface area contributed by atoms with Gasteiger partial charge in [0, 0.05) is 34.2 Å². The highest BCUT2D eigenvalue weighted by atomic mass is 28.4. The Morgan fingerprint density at radius 3 is 1.24 bits per heavy atom. The van der Waals surface area contributed by atoms with Crippen LogP contribution in [0.25, 0.3) is 0 Å². The summed E-state index contributed by atoms with van der Waals surface area (Å²) >= 11 is 0. The van der Waals surface area contributed by atoms with Gasteiger partial charge in [-0.2, -0.15) is 0 Å². The molecule has 0 saturated heterocycles. The quantitative estimate of drug-likeness (QED) is 0.0565. The van der Waals surface area contributed by atoms with Gasteiger partial charge in [-0.05, 0) is 12.8 Å². The molecule has 0 N–H and O–H groups in total. The molecule has 8 heteroatoms. The van der Waals surface area contributed by atoms with Crippen molar-refractivity contribution in [1.82, 2.24) is 0 Å². The molecule has 0 aliphatic rings. The van der Waals surface area contributed by atoms with Gasteiger partial charge >= 0.3 is 8.80 Å².